The van der Waals surface area contributed by atoms with Crippen molar-refractivity contribution in [3.05, 3.63) is 21.4 Å². The number of fused-ring (bicyclic) bond motifs is 1. The summed E-state index contributed by atoms with van der Waals surface area (Å²) < 4.78 is 0. The Labute approximate surface area is 151 Å². The van der Waals surface area contributed by atoms with Crippen LogP contribution in [0.25, 0.3) is 0 Å². The number of nitrogens with one attached hydrogen (secondary N) is 2. The van der Waals surface area contributed by atoms with Crippen LogP contribution in [0.15, 0.2) is 6.07 Å². The monoisotopic (exact) mass is 361 g/mol. The molecule has 134 valence electrons. The summed E-state index contributed by atoms with van der Waals surface area (Å²) in [6.45, 7) is 0.819. The Hall–Kier alpha value is -1.89. The maximum atomic E-state index is 12.5. The summed E-state index contributed by atoms with van der Waals surface area (Å²) in [6.07, 6.45) is 7.39. The van der Waals surface area contributed by atoms with Crippen molar-refractivity contribution in [3.8, 4) is 0 Å². The zero-order chi connectivity index (χ0) is 17.4. The van der Waals surface area contributed by atoms with Gasteiger partial charge in [0.2, 0.25) is 0 Å². The van der Waals surface area contributed by atoms with Gasteiger partial charge in [-0.1, -0.05) is 12.8 Å². The SMILES string of the molecule is O=C(NCCCN1C(=O)NC2(CCCC2)C1=O)c1cc2c(s1)CCC2. The van der Waals surface area contributed by atoms with E-state index < -0.39 is 5.54 Å². The molecule has 0 radical (unpaired) electrons. The number of carbonyl (C=O) groups excluding carboxylic acids is 3. The third-order valence-corrected chi connectivity index (χ3v) is 6.75. The van der Waals surface area contributed by atoms with Crippen molar-refractivity contribution in [2.75, 3.05) is 13.1 Å². The topological polar surface area (TPSA) is 78.5 Å². The molecular formula is C18H23N3O3S. The van der Waals surface area contributed by atoms with Gasteiger partial charge in [-0.2, -0.15) is 0 Å². The van der Waals surface area contributed by atoms with Crippen molar-refractivity contribution in [1.29, 1.82) is 0 Å². The summed E-state index contributed by atoms with van der Waals surface area (Å²) in [5.74, 6) is -0.139. The largest absolute Gasteiger partial charge is 0.351 e. The molecule has 0 atom stereocenters. The number of hydrogen-bond acceptors (Lipinski definition) is 4. The second-order valence-electron chi connectivity index (χ2n) is 7.20. The first-order valence-corrected chi connectivity index (χ1v) is 9.95. The first-order chi connectivity index (χ1) is 12.1. The van der Waals surface area contributed by atoms with Gasteiger partial charge >= 0.3 is 6.03 Å². The van der Waals surface area contributed by atoms with Gasteiger partial charge in [-0.3, -0.25) is 14.5 Å². The summed E-state index contributed by atoms with van der Waals surface area (Å²) in [4.78, 5) is 40.3. The molecular weight excluding hydrogens is 338 g/mol. The highest BCUT2D eigenvalue weighted by Gasteiger charge is 2.51. The van der Waals surface area contributed by atoms with Gasteiger partial charge in [-0.15, -0.1) is 11.3 Å². The normalized spacial score (nSPS) is 21.0. The molecule has 2 aliphatic carbocycles. The molecule has 1 saturated heterocycles. The van der Waals surface area contributed by atoms with Crippen molar-refractivity contribution in [3.63, 3.8) is 0 Å². The fourth-order valence-corrected chi connectivity index (χ4v) is 5.33. The third kappa shape index (κ3) is 2.94. The lowest BCUT2D eigenvalue weighted by Gasteiger charge is -2.20. The van der Waals surface area contributed by atoms with E-state index in [0.29, 0.717) is 19.5 Å². The van der Waals surface area contributed by atoms with Crippen LogP contribution in [0.1, 0.15) is 58.6 Å². The Morgan fingerprint density at radius 2 is 2.04 bits per heavy atom. The van der Waals surface area contributed by atoms with Crippen molar-refractivity contribution in [1.82, 2.24) is 15.5 Å². The van der Waals surface area contributed by atoms with Gasteiger partial charge in [0.15, 0.2) is 0 Å². The van der Waals surface area contributed by atoms with E-state index in [1.165, 1.54) is 21.8 Å². The number of rotatable bonds is 5. The molecule has 3 aliphatic rings. The molecule has 2 heterocycles. The van der Waals surface area contributed by atoms with Crippen LogP contribution in [0.3, 0.4) is 0 Å². The quantitative estimate of drug-likeness (QED) is 0.623. The van der Waals surface area contributed by atoms with Crippen molar-refractivity contribution in [2.24, 2.45) is 0 Å². The Balaban J connectivity index is 1.26. The van der Waals surface area contributed by atoms with Crippen LogP contribution in [0, 0.1) is 0 Å². The predicted octanol–water partition coefficient (Wildman–Crippen LogP) is 2.22. The fourth-order valence-electron chi connectivity index (χ4n) is 4.16. The highest BCUT2D eigenvalue weighted by atomic mass is 32.1. The molecule has 4 amide bonds. The lowest BCUT2D eigenvalue weighted by atomic mass is 9.98. The number of amides is 4. The number of aryl methyl sites for hydroxylation is 2. The summed E-state index contributed by atoms with van der Waals surface area (Å²) in [5.41, 5.74) is 0.675. The maximum Gasteiger partial charge on any atom is 0.325 e. The van der Waals surface area contributed by atoms with Crippen LogP contribution >= 0.6 is 11.3 Å². The first-order valence-electron chi connectivity index (χ1n) is 9.13. The molecule has 6 nitrogen and oxygen atoms in total. The maximum absolute atomic E-state index is 12.5. The summed E-state index contributed by atoms with van der Waals surface area (Å²) >= 11 is 1.59. The van der Waals surface area contributed by atoms with E-state index in [1.54, 1.807) is 11.3 Å². The van der Waals surface area contributed by atoms with E-state index in [0.717, 1.165) is 43.4 Å². The van der Waals surface area contributed by atoms with E-state index in [1.807, 2.05) is 6.07 Å². The van der Waals surface area contributed by atoms with Gasteiger partial charge in [-0.05, 0) is 50.2 Å². The Bertz CT molecular complexity index is 700. The lowest BCUT2D eigenvalue weighted by molar-refractivity contribution is -0.131. The molecule has 0 bridgehead atoms. The van der Waals surface area contributed by atoms with Gasteiger partial charge in [0.1, 0.15) is 5.54 Å². The zero-order valence-electron chi connectivity index (χ0n) is 14.2. The fraction of sp³-hybridized carbons (Fsp3) is 0.611. The Kier molecular flexibility index (Phi) is 4.27. The average molecular weight is 361 g/mol. The highest BCUT2D eigenvalue weighted by molar-refractivity contribution is 7.14. The van der Waals surface area contributed by atoms with Gasteiger partial charge in [0.25, 0.3) is 11.8 Å². The van der Waals surface area contributed by atoms with Crippen LogP contribution < -0.4 is 10.6 Å². The number of nitrogens with zero attached hydrogens (tertiary/aromatic N) is 1. The predicted molar refractivity (Wildman–Crippen MR) is 94.7 cm³/mol. The van der Waals surface area contributed by atoms with E-state index in [9.17, 15) is 14.4 Å². The van der Waals surface area contributed by atoms with Crippen LogP contribution in [0.4, 0.5) is 4.79 Å². The van der Waals surface area contributed by atoms with Crippen LogP contribution in [-0.2, 0) is 17.6 Å². The standard InChI is InChI=1S/C18H23N3O3S/c22-15(14-11-12-5-3-6-13(12)25-14)19-9-4-10-21-16(23)18(20-17(21)24)7-1-2-8-18/h11H,1-10H2,(H,19,22)(H,20,24). The molecule has 2 fully saturated rings. The first kappa shape index (κ1) is 16.6. The molecule has 0 unspecified atom stereocenters. The second-order valence-corrected chi connectivity index (χ2v) is 8.33. The van der Waals surface area contributed by atoms with E-state index in [2.05, 4.69) is 10.6 Å². The molecule has 1 spiro atoms. The molecule has 25 heavy (non-hydrogen) atoms. The Morgan fingerprint density at radius 3 is 2.80 bits per heavy atom. The van der Waals surface area contributed by atoms with Crippen LogP contribution in [0.2, 0.25) is 0 Å². The van der Waals surface area contributed by atoms with Gasteiger partial charge < -0.3 is 10.6 Å². The smallest absolute Gasteiger partial charge is 0.325 e. The minimum atomic E-state index is -0.641. The number of urea groups is 1. The number of imide groups is 1. The molecule has 0 aromatic carbocycles. The second kappa shape index (κ2) is 6.44. The van der Waals surface area contributed by atoms with E-state index >= 15 is 0 Å². The number of thiophene rings is 1. The molecule has 4 rings (SSSR count). The summed E-state index contributed by atoms with van der Waals surface area (Å²) in [7, 11) is 0. The highest BCUT2D eigenvalue weighted by Crippen LogP contribution is 2.35. The molecule has 1 aliphatic heterocycles. The number of hydrogen-bond donors (Lipinski definition) is 2. The molecule has 1 aromatic rings. The minimum absolute atomic E-state index is 0.0520. The van der Waals surface area contributed by atoms with Crippen LogP contribution in [-0.4, -0.2) is 41.4 Å². The van der Waals surface area contributed by atoms with Gasteiger partial charge in [0, 0.05) is 18.0 Å². The third-order valence-electron chi connectivity index (χ3n) is 5.52. The Morgan fingerprint density at radius 1 is 1.24 bits per heavy atom. The average Bonchev–Trinajstić information content (AvgIpc) is 3.32. The molecule has 1 saturated carbocycles. The zero-order valence-corrected chi connectivity index (χ0v) is 15.0. The number of carbonyl (C=O) groups is 3. The summed E-state index contributed by atoms with van der Waals surface area (Å²) in [6, 6.07) is 1.72. The van der Waals surface area contributed by atoms with Gasteiger partial charge in [-0.25, -0.2) is 4.79 Å². The minimum Gasteiger partial charge on any atom is -0.351 e. The molecule has 1 aromatic heterocycles. The molecule has 7 heteroatoms. The van der Waals surface area contributed by atoms with Crippen molar-refractivity contribution < 1.29 is 14.4 Å². The van der Waals surface area contributed by atoms with E-state index in [-0.39, 0.29) is 17.8 Å². The van der Waals surface area contributed by atoms with Crippen LogP contribution in [0.5, 0.6) is 0 Å². The van der Waals surface area contributed by atoms with Crippen molar-refractivity contribution in [2.45, 2.75) is 56.9 Å². The van der Waals surface area contributed by atoms with Crippen molar-refractivity contribution >= 4 is 29.2 Å². The summed E-state index contributed by atoms with van der Waals surface area (Å²) in [5, 5.41) is 5.78. The van der Waals surface area contributed by atoms with E-state index in [4.69, 9.17) is 0 Å². The lowest BCUT2D eigenvalue weighted by Crippen LogP contribution is -2.44. The van der Waals surface area contributed by atoms with Gasteiger partial charge in [0.05, 0.1) is 4.88 Å². The molecule has 2 N–H and O–H groups in total.